The van der Waals surface area contributed by atoms with Crippen LogP contribution in [0.3, 0.4) is 0 Å². The van der Waals surface area contributed by atoms with E-state index in [1.165, 1.54) is 15.6 Å². The van der Waals surface area contributed by atoms with Crippen molar-refractivity contribution in [1.29, 1.82) is 0 Å². The molecular weight excluding hydrogens is 448 g/mol. The summed E-state index contributed by atoms with van der Waals surface area (Å²) in [4.78, 5) is 39.8. The molecule has 0 unspecified atom stereocenters. The van der Waals surface area contributed by atoms with Crippen molar-refractivity contribution in [1.82, 2.24) is 25.3 Å². The standard InChI is InChI=1S/C23H27F2N5O4/c1-23(2,3)20(21(32)29-8-7-26-18(31)11-29)27-22(33)30-17-6-9-34-12-14(17)19(28-30)13-4-5-15(24)16(25)10-13/h4-5,10,20H,6-9,11-12H2,1-3H3,(H,26,31)(H,27,33)/t20-/m1/s1. The van der Waals surface area contributed by atoms with Crippen LogP contribution in [0.4, 0.5) is 13.6 Å². The zero-order valence-electron chi connectivity index (χ0n) is 19.3. The molecule has 2 aromatic rings. The van der Waals surface area contributed by atoms with Crippen molar-refractivity contribution in [2.45, 2.75) is 39.8 Å². The lowest BCUT2D eigenvalue weighted by molar-refractivity contribution is -0.141. The van der Waals surface area contributed by atoms with Gasteiger partial charge in [-0.2, -0.15) is 9.78 Å². The minimum Gasteiger partial charge on any atom is -0.376 e. The smallest absolute Gasteiger partial charge is 0.343 e. The molecule has 1 fully saturated rings. The highest BCUT2D eigenvalue weighted by atomic mass is 19.2. The number of fused-ring (bicyclic) bond motifs is 1. The number of carbonyl (C=O) groups excluding carboxylic acids is 3. The number of nitrogens with zero attached hydrogens (tertiary/aromatic N) is 3. The summed E-state index contributed by atoms with van der Waals surface area (Å²) in [5.74, 6) is -2.62. The van der Waals surface area contributed by atoms with Crippen LogP contribution < -0.4 is 10.6 Å². The van der Waals surface area contributed by atoms with Crippen LogP contribution in [0.5, 0.6) is 0 Å². The first-order valence-corrected chi connectivity index (χ1v) is 11.1. The molecule has 9 nitrogen and oxygen atoms in total. The van der Waals surface area contributed by atoms with Crippen LogP contribution in [0.15, 0.2) is 18.2 Å². The van der Waals surface area contributed by atoms with Gasteiger partial charge in [-0.05, 0) is 23.6 Å². The fourth-order valence-electron chi connectivity index (χ4n) is 4.12. The fourth-order valence-corrected chi connectivity index (χ4v) is 4.12. The van der Waals surface area contributed by atoms with Gasteiger partial charge in [0, 0.05) is 30.6 Å². The molecule has 34 heavy (non-hydrogen) atoms. The molecule has 3 amide bonds. The number of benzene rings is 1. The lowest BCUT2D eigenvalue weighted by atomic mass is 9.85. The van der Waals surface area contributed by atoms with Crippen molar-refractivity contribution in [3.8, 4) is 11.3 Å². The van der Waals surface area contributed by atoms with E-state index < -0.39 is 29.1 Å². The van der Waals surface area contributed by atoms with Gasteiger partial charge in [-0.15, -0.1) is 0 Å². The van der Waals surface area contributed by atoms with Crippen molar-refractivity contribution in [2.24, 2.45) is 5.41 Å². The Bertz CT molecular complexity index is 1140. The third kappa shape index (κ3) is 4.65. The average Bonchev–Trinajstić information content (AvgIpc) is 3.18. The maximum Gasteiger partial charge on any atom is 0.343 e. The van der Waals surface area contributed by atoms with Crippen LogP contribution in [-0.2, 0) is 27.4 Å². The maximum absolute atomic E-state index is 13.9. The molecular formula is C23H27F2N5O4. The van der Waals surface area contributed by atoms with E-state index in [4.69, 9.17) is 4.74 Å². The molecule has 0 spiro atoms. The summed E-state index contributed by atoms with van der Waals surface area (Å²) in [6, 6.07) is 1.88. The average molecular weight is 475 g/mol. The Labute approximate surface area is 195 Å². The number of amides is 3. The van der Waals surface area contributed by atoms with Crippen LogP contribution in [0.25, 0.3) is 11.3 Å². The minimum absolute atomic E-state index is 0.0733. The summed E-state index contributed by atoms with van der Waals surface area (Å²) in [7, 11) is 0. The fraction of sp³-hybridized carbons (Fsp3) is 0.478. The molecule has 1 aromatic carbocycles. The van der Waals surface area contributed by atoms with E-state index in [-0.39, 0.29) is 25.0 Å². The Morgan fingerprint density at radius 1 is 1.24 bits per heavy atom. The van der Waals surface area contributed by atoms with Gasteiger partial charge in [-0.1, -0.05) is 20.8 Å². The quantitative estimate of drug-likeness (QED) is 0.705. The van der Waals surface area contributed by atoms with Gasteiger partial charge in [0.15, 0.2) is 11.6 Å². The second kappa shape index (κ2) is 9.13. The predicted molar refractivity (Wildman–Crippen MR) is 118 cm³/mol. The van der Waals surface area contributed by atoms with Crippen molar-refractivity contribution in [3.05, 3.63) is 41.1 Å². The first kappa shape index (κ1) is 23.8. The van der Waals surface area contributed by atoms with Crippen LogP contribution in [0, 0.1) is 17.0 Å². The van der Waals surface area contributed by atoms with Gasteiger partial charge in [-0.25, -0.2) is 13.6 Å². The summed E-state index contributed by atoms with van der Waals surface area (Å²) in [5.41, 5.74) is 1.17. The summed E-state index contributed by atoms with van der Waals surface area (Å²) in [6.45, 7) is 6.61. The Balaban J connectivity index is 1.66. The summed E-state index contributed by atoms with van der Waals surface area (Å²) >= 11 is 0. The molecule has 0 saturated carbocycles. The van der Waals surface area contributed by atoms with Crippen molar-refractivity contribution in [2.75, 3.05) is 26.2 Å². The molecule has 0 bridgehead atoms. The highest BCUT2D eigenvalue weighted by Crippen LogP contribution is 2.30. The van der Waals surface area contributed by atoms with E-state index >= 15 is 0 Å². The molecule has 2 N–H and O–H groups in total. The van der Waals surface area contributed by atoms with E-state index in [0.29, 0.717) is 48.6 Å². The van der Waals surface area contributed by atoms with Gasteiger partial charge in [0.1, 0.15) is 6.04 Å². The Morgan fingerprint density at radius 2 is 2.00 bits per heavy atom. The van der Waals surface area contributed by atoms with Gasteiger partial charge in [0.2, 0.25) is 11.8 Å². The third-order valence-corrected chi connectivity index (χ3v) is 5.94. The zero-order valence-corrected chi connectivity index (χ0v) is 19.3. The molecule has 2 aliphatic heterocycles. The van der Waals surface area contributed by atoms with Crippen LogP contribution in [0.1, 0.15) is 32.0 Å². The van der Waals surface area contributed by atoms with Crippen molar-refractivity contribution < 1.29 is 27.9 Å². The van der Waals surface area contributed by atoms with Crippen LogP contribution in [0.2, 0.25) is 0 Å². The lowest BCUT2D eigenvalue weighted by Crippen LogP contribution is -2.59. The van der Waals surface area contributed by atoms with Gasteiger partial charge in [-0.3, -0.25) is 9.59 Å². The number of ether oxygens (including phenoxy) is 1. The topological polar surface area (TPSA) is 106 Å². The van der Waals surface area contributed by atoms with E-state index in [1.807, 2.05) is 20.8 Å². The van der Waals surface area contributed by atoms with Crippen molar-refractivity contribution >= 4 is 17.8 Å². The maximum atomic E-state index is 13.9. The zero-order chi connectivity index (χ0) is 24.6. The number of aromatic nitrogens is 2. The second-order valence-corrected chi connectivity index (χ2v) is 9.48. The third-order valence-electron chi connectivity index (χ3n) is 5.94. The van der Waals surface area contributed by atoms with E-state index in [9.17, 15) is 23.2 Å². The normalized spacial score (nSPS) is 17.1. The molecule has 1 aromatic heterocycles. The Morgan fingerprint density at radius 3 is 2.68 bits per heavy atom. The summed E-state index contributed by atoms with van der Waals surface area (Å²) < 4.78 is 34.0. The monoisotopic (exact) mass is 475 g/mol. The first-order valence-electron chi connectivity index (χ1n) is 11.1. The number of hydrogen-bond acceptors (Lipinski definition) is 5. The molecule has 1 atom stereocenters. The van der Waals surface area contributed by atoms with Crippen LogP contribution in [-0.4, -0.2) is 64.8 Å². The molecule has 0 aliphatic carbocycles. The predicted octanol–water partition coefficient (Wildman–Crippen LogP) is 1.83. The molecule has 4 rings (SSSR count). The summed E-state index contributed by atoms with van der Waals surface area (Å²) in [5, 5.41) is 9.86. The van der Waals surface area contributed by atoms with Gasteiger partial charge < -0.3 is 20.3 Å². The molecule has 2 aliphatic rings. The highest BCUT2D eigenvalue weighted by molar-refractivity contribution is 5.92. The van der Waals surface area contributed by atoms with E-state index in [2.05, 4.69) is 15.7 Å². The molecule has 0 radical (unpaired) electrons. The number of carbonyl (C=O) groups is 3. The SMILES string of the molecule is CC(C)(C)[C@H](NC(=O)n1nc(-c2ccc(F)c(F)c2)c2c1CCOC2)C(=O)N1CCNC(=O)C1. The van der Waals surface area contributed by atoms with E-state index in [1.54, 1.807) is 0 Å². The van der Waals surface area contributed by atoms with Crippen molar-refractivity contribution in [3.63, 3.8) is 0 Å². The molecule has 182 valence electrons. The van der Waals surface area contributed by atoms with Gasteiger partial charge in [0.25, 0.3) is 0 Å². The highest BCUT2D eigenvalue weighted by Gasteiger charge is 2.38. The Hall–Kier alpha value is -3.34. The lowest BCUT2D eigenvalue weighted by Gasteiger charge is -2.36. The number of nitrogens with one attached hydrogen (secondary N) is 2. The number of halogens is 2. The summed E-state index contributed by atoms with van der Waals surface area (Å²) in [6.07, 6.45) is 0.389. The van der Waals surface area contributed by atoms with Gasteiger partial charge in [0.05, 0.1) is 31.1 Å². The number of piperazine rings is 1. The first-order chi connectivity index (χ1) is 16.1. The molecule has 3 heterocycles. The molecule has 11 heteroatoms. The number of hydrogen-bond donors (Lipinski definition) is 2. The molecule has 1 saturated heterocycles. The van der Waals surface area contributed by atoms with Crippen LogP contribution >= 0.6 is 0 Å². The van der Waals surface area contributed by atoms with Gasteiger partial charge >= 0.3 is 6.03 Å². The second-order valence-electron chi connectivity index (χ2n) is 9.48. The minimum atomic E-state index is -1.02. The van der Waals surface area contributed by atoms with E-state index in [0.717, 1.165) is 12.1 Å². The largest absolute Gasteiger partial charge is 0.376 e. The number of rotatable bonds is 3. The Kier molecular flexibility index (Phi) is 6.39.